The van der Waals surface area contributed by atoms with Gasteiger partial charge in [0.1, 0.15) is 5.75 Å². The standard InChI is InChI=1S/C15H20N2O4/c1-15(2)7-6-11(9-15)16-14(18)10-21-13-5-3-4-12(8-13)17(19)20/h3-5,8,11H,6-7,9-10H2,1-2H3,(H,16,18). The molecule has 1 aliphatic rings. The Kier molecular flexibility index (Phi) is 4.45. The summed E-state index contributed by atoms with van der Waals surface area (Å²) in [7, 11) is 0. The Labute approximate surface area is 123 Å². The second kappa shape index (κ2) is 6.11. The monoisotopic (exact) mass is 292 g/mol. The van der Waals surface area contributed by atoms with Crippen LogP contribution in [0.15, 0.2) is 24.3 Å². The average molecular weight is 292 g/mol. The van der Waals surface area contributed by atoms with Crippen molar-refractivity contribution in [2.45, 2.75) is 39.2 Å². The van der Waals surface area contributed by atoms with Gasteiger partial charge in [0.25, 0.3) is 11.6 Å². The highest BCUT2D eigenvalue weighted by Gasteiger charge is 2.31. The van der Waals surface area contributed by atoms with Gasteiger partial charge in [0, 0.05) is 12.1 Å². The van der Waals surface area contributed by atoms with E-state index in [1.807, 2.05) is 0 Å². The van der Waals surface area contributed by atoms with E-state index in [1.54, 1.807) is 6.07 Å². The topological polar surface area (TPSA) is 81.5 Å². The number of nitrogens with one attached hydrogen (secondary N) is 1. The Hall–Kier alpha value is -2.11. The third-order valence-corrected chi connectivity index (χ3v) is 3.73. The number of nitro benzene ring substituents is 1. The van der Waals surface area contributed by atoms with Crippen LogP contribution in [0.4, 0.5) is 5.69 Å². The van der Waals surface area contributed by atoms with Crippen LogP contribution in [-0.4, -0.2) is 23.5 Å². The maximum absolute atomic E-state index is 11.8. The van der Waals surface area contributed by atoms with Gasteiger partial charge in [0.15, 0.2) is 6.61 Å². The second-order valence-electron chi connectivity index (χ2n) is 6.21. The van der Waals surface area contributed by atoms with E-state index in [1.165, 1.54) is 18.2 Å². The average Bonchev–Trinajstić information content (AvgIpc) is 2.76. The summed E-state index contributed by atoms with van der Waals surface area (Å²) in [5.74, 6) is 0.135. The van der Waals surface area contributed by atoms with Crippen molar-refractivity contribution in [3.05, 3.63) is 34.4 Å². The molecule has 1 aromatic rings. The molecule has 1 N–H and O–H groups in total. The lowest BCUT2D eigenvalue weighted by molar-refractivity contribution is -0.384. The molecule has 1 saturated carbocycles. The van der Waals surface area contributed by atoms with Crippen LogP contribution in [0.1, 0.15) is 33.1 Å². The minimum Gasteiger partial charge on any atom is -0.484 e. The van der Waals surface area contributed by atoms with Gasteiger partial charge in [-0.2, -0.15) is 0 Å². The van der Waals surface area contributed by atoms with E-state index in [9.17, 15) is 14.9 Å². The molecule has 0 bridgehead atoms. The molecule has 6 nitrogen and oxygen atoms in total. The van der Waals surface area contributed by atoms with Gasteiger partial charge in [-0.25, -0.2) is 0 Å². The lowest BCUT2D eigenvalue weighted by atomic mass is 9.92. The van der Waals surface area contributed by atoms with Gasteiger partial charge < -0.3 is 10.1 Å². The van der Waals surface area contributed by atoms with Crippen molar-refractivity contribution in [3.63, 3.8) is 0 Å². The van der Waals surface area contributed by atoms with Gasteiger partial charge in [0.05, 0.1) is 11.0 Å². The first kappa shape index (κ1) is 15.3. The summed E-state index contributed by atoms with van der Waals surface area (Å²) in [6.07, 6.45) is 3.05. The van der Waals surface area contributed by atoms with Crippen molar-refractivity contribution >= 4 is 11.6 Å². The number of non-ortho nitro benzene ring substituents is 1. The largest absolute Gasteiger partial charge is 0.484 e. The van der Waals surface area contributed by atoms with E-state index in [4.69, 9.17) is 4.74 Å². The molecular weight excluding hydrogens is 272 g/mol. The minimum atomic E-state index is -0.493. The van der Waals surface area contributed by atoms with Gasteiger partial charge in [0.2, 0.25) is 0 Å². The Morgan fingerprint density at radius 2 is 2.29 bits per heavy atom. The molecule has 0 aromatic heterocycles. The minimum absolute atomic E-state index is 0.0505. The highest BCUT2D eigenvalue weighted by Crippen LogP contribution is 2.36. The molecule has 21 heavy (non-hydrogen) atoms. The highest BCUT2D eigenvalue weighted by atomic mass is 16.6. The van der Waals surface area contributed by atoms with E-state index in [0.29, 0.717) is 5.75 Å². The molecule has 0 aliphatic heterocycles. The fraction of sp³-hybridized carbons (Fsp3) is 0.533. The molecule has 1 aliphatic carbocycles. The van der Waals surface area contributed by atoms with Crippen molar-refractivity contribution < 1.29 is 14.5 Å². The Bertz CT molecular complexity index is 542. The molecule has 0 saturated heterocycles. The summed E-state index contributed by atoms with van der Waals surface area (Å²) >= 11 is 0. The smallest absolute Gasteiger partial charge is 0.273 e. The first-order valence-electron chi connectivity index (χ1n) is 7.02. The zero-order valence-electron chi connectivity index (χ0n) is 12.3. The number of hydrogen-bond acceptors (Lipinski definition) is 4. The van der Waals surface area contributed by atoms with Crippen molar-refractivity contribution in [1.29, 1.82) is 0 Å². The Morgan fingerprint density at radius 1 is 1.52 bits per heavy atom. The Balaban J connectivity index is 1.82. The van der Waals surface area contributed by atoms with Crippen molar-refractivity contribution in [3.8, 4) is 5.75 Å². The van der Waals surface area contributed by atoms with E-state index < -0.39 is 4.92 Å². The fourth-order valence-corrected chi connectivity index (χ4v) is 2.66. The lowest BCUT2D eigenvalue weighted by Gasteiger charge is -2.17. The summed E-state index contributed by atoms with van der Waals surface area (Å²) in [5, 5.41) is 13.6. The van der Waals surface area contributed by atoms with Crippen molar-refractivity contribution in [2.75, 3.05) is 6.61 Å². The third-order valence-electron chi connectivity index (χ3n) is 3.73. The highest BCUT2D eigenvalue weighted by molar-refractivity contribution is 5.77. The van der Waals surface area contributed by atoms with Crippen LogP contribution in [0.3, 0.4) is 0 Å². The van der Waals surface area contributed by atoms with Crippen LogP contribution >= 0.6 is 0 Å². The maximum atomic E-state index is 11.8. The molecule has 1 amide bonds. The maximum Gasteiger partial charge on any atom is 0.273 e. The first-order valence-corrected chi connectivity index (χ1v) is 7.02. The number of hydrogen-bond donors (Lipinski definition) is 1. The number of ether oxygens (including phenoxy) is 1. The quantitative estimate of drug-likeness (QED) is 0.668. The van der Waals surface area contributed by atoms with Crippen LogP contribution in [0, 0.1) is 15.5 Å². The van der Waals surface area contributed by atoms with E-state index in [-0.39, 0.29) is 29.7 Å². The molecule has 0 radical (unpaired) electrons. The molecule has 114 valence electrons. The number of nitro groups is 1. The van der Waals surface area contributed by atoms with Crippen LogP contribution in [0.25, 0.3) is 0 Å². The lowest BCUT2D eigenvalue weighted by Crippen LogP contribution is -2.36. The first-order chi connectivity index (χ1) is 9.85. The number of carbonyl (C=O) groups is 1. The van der Waals surface area contributed by atoms with Crippen LogP contribution in [0.5, 0.6) is 5.75 Å². The van der Waals surface area contributed by atoms with Crippen LogP contribution in [-0.2, 0) is 4.79 Å². The summed E-state index contributed by atoms with van der Waals surface area (Å²) in [6, 6.07) is 6.02. The van der Waals surface area contributed by atoms with Gasteiger partial charge in [-0.05, 0) is 30.7 Å². The summed E-state index contributed by atoms with van der Waals surface area (Å²) in [4.78, 5) is 22.0. The Morgan fingerprint density at radius 3 is 2.90 bits per heavy atom. The number of amides is 1. The molecule has 0 spiro atoms. The van der Waals surface area contributed by atoms with Crippen molar-refractivity contribution in [2.24, 2.45) is 5.41 Å². The van der Waals surface area contributed by atoms with Gasteiger partial charge >= 0.3 is 0 Å². The molecule has 2 rings (SSSR count). The predicted molar refractivity (Wildman–Crippen MR) is 78.2 cm³/mol. The molecule has 1 atom stereocenters. The van der Waals surface area contributed by atoms with Gasteiger partial charge in [-0.1, -0.05) is 19.9 Å². The third kappa shape index (κ3) is 4.44. The number of nitrogens with zero attached hydrogens (tertiary/aromatic N) is 1. The molecule has 1 fully saturated rings. The van der Waals surface area contributed by atoms with E-state index >= 15 is 0 Å². The number of benzene rings is 1. The molecule has 0 heterocycles. The summed E-state index contributed by atoms with van der Waals surface area (Å²) < 4.78 is 5.30. The molecule has 1 unspecified atom stereocenters. The van der Waals surface area contributed by atoms with E-state index in [0.717, 1.165) is 19.3 Å². The van der Waals surface area contributed by atoms with E-state index in [2.05, 4.69) is 19.2 Å². The van der Waals surface area contributed by atoms with Crippen LogP contribution < -0.4 is 10.1 Å². The molecular formula is C15H20N2O4. The normalized spacial score (nSPS) is 20.0. The zero-order valence-corrected chi connectivity index (χ0v) is 12.3. The fourth-order valence-electron chi connectivity index (χ4n) is 2.66. The second-order valence-corrected chi connectivity index (χ2v) is 6.21. The van der Waals surface area contributed by atoms with Gasteiger partial charge in [-0.15, -0.1) is 0 Å². The number of rotatable bonds is 5. The SMILES string of the molecule is CC1(C)CCC(NC(=O)COc2cccc([N+](=O)[O-])c2)C1. The van der Waals surface area contributed by atoms with Crippen LogP contribution in [0.2, 0.25) is 0 Å². The zero-order chi connectivity index (χ0) is 15.5. The molecule has 6 heteroatoms. The summed E-state index contributed by atoms with van der Waals surface area (Å²) in [5.41, 5.74) is 0.226. The number of carbonyl (C=O) groups excluding carboxylic acids is 1. The predicted octanol–water partition coefficient (Wildman–Crippen LogP) is 2.67. The van der Waals surface area contributed by atoms with Crippen molar-refractivity contribution in [1.82, 2.24) is 5.32 Å². The van der Waals surface area contributed by atoms with Gasteiger partial charge in [-0.3, -0.25) is 14.9 Å². The molecule has 1 aromatic carbocycles. The summed E-state index contributed by atoms with van der Waals surface area (Å²) in [6.45, 7) is 4.26.